The molecule has 0 spiro atoms. The van der Waals surface area contributed by atoms with Gasteiger partial charge in [-0.15, -0.1) is 0 Å². The lowest BCUT2D eigenvalue weighted by Crippen LogP contribution is -2.61. The largest absolute Gasteiger partial charge is 0.461 e. The van der Waals surface area contributed by atoms with E-state index in [0.29, 0.717) is 25.2 Å². The fraction of sp³-hybridized carbons (Fsp3) is 0.595. The Morgan fingerprint density at radius 3 is 1.95 bits per heavy atom. The van der Waals surface area contributed by atoms with Gasteiger partial charge in [0.1, 0.15) is 12.4 Å². The van der Waals surface area contributed by atoms with Crippen LogP contribution >= 0.6 is 0 Å². The Morgan fingerprint density at radius 1 is 0.860 bits per heavy atom. The number of carbonyl (C=O) groups is 3. The molecule has 0 amide bonds. The minimum absolute atomic E-state index is 0.0124. The zero-order valence-corrected chi connectivity index (χ0v) is 27.4. The minimum atomic E-state index is -0.629. The molecule has 0 aromatic heterocycles. The third-order valence-corrected chi connectivity index (χ3v) is 8.82. The van der Waals surface area contributed by atoms with Crippen LogP contribution in [0.25, 0.3) is 0 Å². The summed E-state index contributed by atoms with van der Waals surface area (Å²) in [7, 11) is 0. The Balaban J connectivity index is 1.80. The molecule has 6 nitrogen and oxygen atoms in total. The molecule has 1 aliphatic carbocycles. The number of esters is 1. The topological polar surface area (TPSA) is 81.7 Å². The van der Waals surface area contributed by atoms with Crippen LogP contribution < -0.4 is 5.32 Å². The maximum absolute atomic E-state index is 14.2. The predicted molar refractivity (Wildman–Crippen MR) is 172 cm³/mol. The molecule has 2 aromatic rings. The van der Waals surface area contributed by atoms with E-state index in [-0.39, 0.29) is 42.0 Å². The van der Waals surface area contributed by atoms with Gasteiger partial charge in [0.05, 0.1) is 23.7 Å². The van der Waals surface area contributed by atoms with E-state index in [1.807, 2.05) is 95.3 Å². The summed E-state index contributed by atoms with van der Waals surface area (Å²) in [4.78, 5) is 40.5. The average molecular weight is 592 g/mol. The Bertz CT molecular complexity index is 1170. The van der Waals surface area contributed by atoms with E-state index in [1.165, 1.54) is 0 Å². The summed E-state index contributed by atoms with van der Waals surface area (Å²) in [5, 5.41) is 3.70. The van der Waals surface area contributed by atoms with Crippen molar-refractivity contribution in [2.75, 3.05) is 0 Å². The van der Waals surface area contributed by atoms with E-state index in [9.17, 15) is 14.4 Å². The lowest BCUT2D eigenvalue weighted by Gasteiger charge is -2.47. The van der Waals surface area contributed by atoms with Gasteiger partial charge in [0.2, 0.25) is 0 Å². The Kier molecular flexibility index (Phi) is 12.7. The van der Waals surface area contributed by atoms with Crippen LogP contribution in [0.1, 0.15) is 98.1 Å². The summed E-state index contributed by atoms with van der Waals surface area (Å²) < 4.78 is 12.1. The van der Waals surface area contributed by atoms with E-state index < -0.39 is 23.7 Å². The quantitative estimate of drug-likeness (QED) is 0.195. The van der Waals surface area contributed by atoms with Gasteiger partial charge in [0.25, 0.3) is 0 Å². The van der Waals surface area contributed by atoms with Crippen LogP contribution in [0.4, 0.5) is 0 Å². The summed E-state index contributed by atoms with van der Waals surface area (Å²) in [5.74, 6) is -0.489. The van der Waals surface area contributed by atoms with Gasteiger partial charge in [-0.3, -0.25) is 19.7 Å². The maximum Gasteiger partial charge on any atom is 0.310 e. The molecular formula is C37H53NO5. The van der Waals surface area contributed by atoms with Crippen LogP contribution in [0.2, 0.25) is 0 Å². The van der Waals surface area contributed by atoms with E-state index in [0.717, 1.165) is 30.4 Å². The molecule has 0 saturated heterocycles. The molecule has 0 radical (unpaired) electrons. The zero-order valence-electron chi connectivity index (χ0n) is 27.4. The number of Topliss-reactive ketones (excluding diaryl/α,β-unsaturated/α-hetero) is 2. The van der Waals surface area contributed by atoms with Crippen molar-refractivity contribution in [1.82, 2.24) is 5.32 Å². The monoisotopic (exact) mass is 591 g/mol. The Labute approximate surface area is 259 Å². The molecule has 43 heavy (non-hydrogen) atoms. The van der Waals surface area contributed by atoms with Crippen LogP contribution in [0.3, 0.4) is 0 Å². The number of hydrogen-bond acceptors (Lipinski definition) is 6. The number of rotatable bonds is 17. The third-order valence-electron chi connectivity index (χ3n) is 8.82. The number of nitrogens with one attached hydrogen (secondary N) is 1. The van der Waals surface area contributed by atoms with Crippen LogP contribution in [0.15, 0.2) is 60.7 Å². The van der Waals surface area contributed by atoms with Crippen molar-refractivity contribution in [2.24, 2.45) is 17.8 Å². The molecule has 0 unspecified atom stereocenters. The maximum atomic E-state index is 14.2. The first kappa shape index (κ1) is 34.7. The normalized spacial score (nSPS) is 17.4. The number of carbonyl (C=O) groups excluding carboxylic acids is 3. The molecule has 1 saturated carbocycles. The van der Waals surface area contributed by atoms with Crippen molar-refractivity contribution in [1.29, 1.82) is 0 Å². The van der Waals surface area contributed by atoms with E-state index in [4.69, 9.17) is 9.47 Å². The molecule has 6 heteroatoms. The number of benzene rings is 2. The van der Waals surface area contributed by atoms with E-state index in [2.05, 4.69) is 19.2 Å². The smallest absolute Gasteiger partial charge is 0.310 e. The summed E-state index contributed by atoms with van der Waals surface area (Å²) in [6.45, 7) is 14.2. The van der Waals surface area contributed by atoms with Crippen LogP contribution in [-0.2, 0) is 36.9 Å². The molecule has 1 aliphatic rings. The van der Waals surface area contributed by atoms with E-state index in [1.54, 1.807) is 0 Å². The van der Waals surface area contributed by atoms with Gasteiger partial charge in [0.15, 0.2) is 5.78 Å². The second-order valence-corrected chi connectivity index (χ2v) is 13.8. The van der Waals surface area contributed by atoms with Gasteiger partial charge >= 0.3 is 5.97 Å². The van der Waals surface area contributed by atoms with Crippen molar-refractivity contribution in [3.05, 3.63) is 71.8 Å². The first-order chi connectivity index (χ1) is 20.3. The molecule has 0 heterocycles. The number of hydrogen-bond donors (Lipinski definition) is 1. The lowest BCUT2D eigenvalue weighted by molar-refractivity contribution is -0.152. The minimum Gasteiger partial charge on any atom is -0.461 e. The molecule has 1 fully saturated rings. The highest BCUT2D eigenvalue weighted by Crippen LogP contribution is 2.38. The summed E-state index contributed by atoms with van der Waals surface area (Å²) in [6, 6.07) is 18.7. The van der Waals surface area contributed by atoms with Gasteiger partial charge in [-0.1, -0.05) is 81.4 Å². The zero-order chi connectivity index (χ0) is 31.6. The molecule has 4 atom stereocenters. The van der Waals surface area contributed by atoms with E-state index >= 15 is 0 Å². The summed E-state index contributed by atoms with van der Waals surface area (Å²) in [6.07, 6.45) is 4.09. The van der Waals surface area contributed by atoms with Gasteiger partial charge in [0, 0.05) is 24.3 Å². The highest BCUT2D eigenvalue weighted by atomic mass is 16.5. The number of ketones is 2. The molecule has 0 bridgehead atoms. The first-order valence-electron chi connectivity index (χ1n) is 16.0. The van der Waals surface area contributed by atoms with Gasteiger partial charge in [-0.2, -0.15) is 0 Å². The second-order valence-electron chi connectivity index (χ2n) is 13.8. The van der Waals surface area contributed by atoms with Crippen molar-refractivity contribution >= 4 is 17.5 Å². The first-order valence-corrected chi connectivity index (χ1v) is 16.0. The molecule has 2 aromatic carbocycles. The average Bonchev–Trinajstić information content (AvgIpc) is 2.94. The highest BCUT2D eigenvalue weighted by Gasteiger charge is 2.43. The summed E-state index contributed by atoms with van der Waals surface area (Å²) >= 11 is 0. The Morgan fingerprint density at radius 2 is 1.44 bits per heavy atom. The van der Waals surface area contributed by atoms with Crippen molar-refractivity contribution < 1.29 is 23.9 Å². The lowest BCUT2D eigenvalue weighted by atomic mass is 9.71. The van der Waals surface area contributed by atoms with Crippen LogP contribution in [0, 0.1) is 17.8 Å². The van der Waals surface area contributed by atoms with Crippen molar-refractivity contribution in [3.63, 3.8) is 0 Å². The predicted octanol–water partition coefficient (Wildman–Crippen LogP) is 7.27. The second kappa shape index (κ2) is 15.8. The Hall–Kier alpha value is -2.83. The molecule has 0 aliphatic heterocycles. The SMILES string of the molecule is CC(C)[C@H](C)C(=O)CCC1(N[C@H](C(=O)C[C@@H](Cc2ccccc2)C(=O)OCc2ccccc2)[C@@H](C)OC(C)(C)C)CCC1. The fourth-order valence-electron chi connectivity index (χ4n) is 5.80. The fourth-order valence-corrected chi connectivity index (χ4v) is 5.80. The van der Waals surface area contributed by atoms with Crippen molar-refractivity contribution in [3.8, 4) is 0 Å². The molecule has 1 N–H and O–H groups in total. The molecule has 3 rings (SSSR count). The number of ether oxygens (including phenoxy) is 2. The summed E-state index contributed by atoms with van der Waals surface area (Å²) in [5.41, 5.74) is 1.15. The molecular weight excluding hydrogens is 538 g/mol. The van der Waals surface area contributed by atoms with Gasteiger partial charge < -0.3 is 9.47 Å². The highest BCUT2D eigenvalue weighted by molar-refractivity contribution is 5.89. The van der Waals surface area contributed by atoms with Crippen molar-refractivity contribution in [2.45, 2.75) is 123 Å². The third kappa shape index (κ3) is 11.0. The van der Waals surface area contributed by atoms with Crippen LogP contribution in [-0.4, -0.2) is 40.8 Å². The molecule has 236 valence electrons. The van der Waals surface area contributed by atoms with Gasteiger partial charge in [-0.05, 0) is 76.8 Å². The van der Waals surface area contributed by atoms with Crippen LogP contribution in [0.5, 0.6) is 0 Å². The standard InChI is InChI=1S/C37H53NO5/c1-26(2)27(3)32(39)19-22-37(20-14-21-37)38-34(28(4)43-36(5,6)7)33(40)24-31(23-29-15-10-8-11-16-29)35(41)42-25-30-17-12-9-13-18-30/h8-13,15-18,26-28,31,34,38H,14,19-25H2,1-7H3/t27-,28+,31+,34-/m0/s1. The van der Waals surface area contributed by atoms with Gasteiger partial charge in [-0.25, -0.2) is 0 Å².